The van der Waals surface area contributed by atoms with Gasteiger partial charge >= 0.3 is 0 Å². The molecule has 3 rings (SSSR count). The molecule has 1 aliphatic rings. The van der Waals surface area contributed by atoms with Gasteiger partial charge in [0.15, 0.2) is 11.5 Å². The largest absolute Gasteiger partial charge is 0.503 e. The van der Waals surface area contributed by atoms with Gasteiger partial charge in [0.25, 0.3) is 5.91 Å². The summed E-state index contributed by atoms with van der Waals surface area (Å²) in [7, 11) is 0. The van der Waals surface area contributed by atoms with E-state index in [0.717, 1.165) is 17.7 Å². The minimum absolute atomic E-state index is 0.0230. The summed E-state index contributed by atoms with van der Waals surface area (Å²) < 4.78 is 5.42. The molecule has 0 bridgehead atoms. The van der Waals surface area contributed by atoms with Crippen molar-refractivity contribution in [2.45, 2.75) is 20.3 Å². The summed E-state index contributed by atoms with van der Waals surface area (Å²) in [4.78, 5) is 14.7. The molecule has 5 heteroatoms. The molecule has 1 N–H and O–H groups in total. The molecule has 0 unspecified atom stereocenters. The lowest BCUT2D eigenvalue weighted by atomic mass is 10.0. The number of carbonyl (C=O) groups is 1. The Balaban J connectivity index is 2.08. The number of anilines is 1. The molecule has 2 aromatic carbocycles. The van der Waals surface area contributed by atoms with Crippen LogP contribution in [0.25, 0.3) is 11.6 Å². The summed E-state index contributed by atoms with van der Waals surface area (Å²) in [5, 5.41) is 10.2. The molecular formula is C20H20ClNO3. The van der Waals surface area contributed by atoms with Crippen molar-refractivity contribution in [2.75, 3.05) is 18.1 Å². The first-order chi connectivity index (χ1) is 12.1. The third kappa shape index (κ3) is 3.22. The van der Waals surface area contributed by atoms with Crippen LogP contribution in [-0.4, -0.2) is 24.2 Å². The minimum atomic E-state index is -0.0866. The van der Waals surface area contributed by atoms with Crippen LogP contribution < -0.4 is 9.64 Å². The van der Waals surface area contributed by atoms with Crippen LogP contribution in [0.15, 0.2) is 36.4 Å². The number of para-hydroxylation sites is 1. The lowest BCUT2D eigenvalue weighted by Crippen LogP contribution is -2.26. The fraction of sp³-hybridized carbons (Fsp3) is 0.250. The molecule has 0 aliphatic carbocycles. The molecule has 0 spiro atoms. The Hall–Kier alpha value is -2.46. The molecule has 0 saturated carbocycles. The van der Waals surface area contributed by atoms with E-state index < -0.39 is 0 Å². The molecule has 0 fully saturated rings. The number of hydrogen-bond acceptors (Lipinski definition) is 3. The molecule has 0 atom stereocenters. The number of ether oxygens (including phenoxy) is 1. The van der Waals surface area contributed by atoms with Crippen LogP contribution in [0.5, 0.6) is 11.5 Å². The predicted octanol–water partition coefficient (Wildman–Crippen LogP) is 4.74. The molecular weight excluding hydrogens is 338 g/mol. The van der Waals surface area contributed by atoms with E-state index in [1.54, 1.807) is 23.1 Å². The zero-order chi connectivity index (χ0) is 18.0. The van der Waals surface area contributed by atoms with Gasteiger partial charge in [-0.25, -0.2) is 0 Å². The quantitative estimate of drug-likeness (QED) is 0.786. The lowest BCUT2D eigenvalue weighted by Gasteiger charge is -2.15. The van der Waals surface area contributed by atoms with Gasteiger partial charge in [0, 0.05) is 17.7 Å². The first kappa shape index (κ1) is 17.4. The highest BCUT2D eigenvalue weighted by atomic mass is 35.5. The highest BCUT2D eigenvalue weighted by molar-refractivity contribution is 6.36. The van der Waals surface area contributed by atoms with Gasteiger partial charge in [0.05, 0.1) is 17.3 Å². The van der Waals surface area contributed by atoms with Crippen LogP contribution in [0.3, 0.4) is 0 Å². The molecule has 1 amide bonds. The maximum atomic E-state index is 12.9. The molecule has 0 aromatic heterocycles. The topological polar surface area (TPSA) is 49.8 Å². The number of phenolic OH excluding ortho intramolecular Hbond substituents is 1. The number of fused-ring (bicyclic) bond motifs is 1. The average Bonchev–Trinajstić information content (AvgIpc) is 2.86. The van der Waals surface area contributed by atoms with Gasteiger partial charge in [-0.3, -0.25) is 4.79 Å². The number of phenols is 1. The number of benzene rings is 2. The maximum absolute atomic E-state index is 12.9. The van der Waals surface area contributed by atoms with Gasteiger partial charge in [-0.1, -0.05) is 36.7 Å². The fourth-order valence-corrected chi connectivity index (χ4v) is 3.22. The average molecular weight is 358 g/mol. The summed E-state index contributed by atoms with van der Waals surface area (Å²) in [5.41, 5.74) is 3.16. The number of carbonyl (C=O) groups excluding carboxylic acids is 1. The molecule has 0 saturated heterocycles. The van der Waals surface area contributed by atoms with E-state index in [1.807, 2.05) is 38.1 Å². The standard InChI is InChI=1S/C20H20ClNO3/c1-3-9-22-17-8-6-5-7-14(17)15(20(22)24)10-13-11-16(21)19(23)18(12-13)25-4-2/h5-8,10-12,23H,3-4,9H2,1-2H3/b15-10-. The smallest absolute Gasteiger partial charge is 0.258 e. The molecule has 0 radical (unpaired) electrons. The normalized spacial score (nSPS) is 14.9. The Morgan fingerprint density at radius 2 is 2.00 bits per heavy atom. The summed E-state index contributed by atoms with van der Waals surface area (Å²) in [6.45, 7) is 4.97. The summed E-state index contributed by atoms with van der Waals surface area (Å²) in [6.07, 6.45) is 2.68. The van der Waals surface area contributed by atoms with Gasteiger partial charge in [-0.15, -0.1) is 0 Å². The maximum Gasteiger partial charge on any atom is 0.258 e. The van der Waals surface area contributed by atoms with E-state index >= 15 is 0 Å². The monoisotopic (exact) mass is 357 g/mol. The lowest BCUT2D eigenvalue weighted by molar-refractivity contribution is -0.113. The Bertz CT molecular complexity index is 845. The molecule has 4 nitrogen and oxygen atoms in total. The zero-order valence-electron chi connectivity index (χ0n) is 14.3. The Morgan fingerprint density at radius 3 is 2.72 bits per heavy atom. The molecule has 1 aliphatic heterocycles. The van der Waals surface area contributed by atoms with Crippen LogP contribution in [0, 0.1) is 0 Å². The number of rotatable bonds is 5. The van der Waals surface area contributed by atoms with Crippen LogP contribution >= 0.6 is 11.6 Å². The van der Waals surface area contributed by atoms with Crippen molar-refractivity contribution in [1.82, 2.24) is 0 Å². The first-order valence-electron chi connectivity index (χ1n) is 8.35. The van der Waals surface area contributed by atoms with E-state index in [1.165, 1.54) is 0 Å². The molecule has 25 heavy (non-hydrogen) atoms. The van der Waals surface area contributed by atoms with Crippen LogP contribution in [0.1, 0.15) is 31.4 Å². The summed E-state index contributed by atoms with van der Waals surface area (Å²) in [5.74, 6) is 0.202. The van der Waals surface area contributed by atoms with E-state index in [4.69, 9.17) is 16.3 Å². The van der Waals surface area contributed by atoms with Crippen molar-refractivity contribution in [3.8, 4) is 11.5 Å². The van der Waals surface area contributed by atoms with E-state index in [-0.39, 0.29) is 16.7 Å². The number of nitrogens with zero attached hydrogens (tertiary/aromatic N) is 1. The zero-order valence-corrected chi connectivity index (χ0v) is 15.0. The van der Waals surface area contributed by atoms with Crippen molar-refractivity contribution in [3.05, 3.63) is 52.5 Å². The highest BCUT2D eigenvalue weighted by Crippen LogP contribution is 2.40. The van der Waals surface area contributed by atoms with E-state index in [2.05, 4.69) is 0 Å². The van der Waals surface area contributed by atoms with Gasteiger partial charge in [0.1, 0.15) is 0 Å². The number of amides is 1. The second kappa shape index (κ2) is 7.19. The minimum Gasteiger partial charge on any atom is -0.503 e. The van der Waals surface area contributed by atoms with Crippen molar-refractivity contribution in [3.63, 3.8) is 0 Å². The SMILES string of the molecule is CCCN1C(=O)/C(=C\c2cc(Cl)c(O)c(OCC)c2)c2ccccc21. The number of halogens is 1. The van der Waals surface area contributed by atoms with Gasteiger partial charge in [-0.05, 0) is 43.2 Å². The van der Waals surface area contributed by atoms with Crippen molar-refractivity contribution in [1.29, 1.82) is 0 Å². The van der Waals surface area contributed by atoms with Crippen molar-refractivity contribution in [2.24, 2.45) is 0 Å². The fourth-order valence-electron chi connectivity index (χ4n) is 3.00. The highest BCUT2D eigenvalue weighted by Gasteiger charge is 2.31. The Kier molecular flexibility index (Phi) is 5.00. The van der Waals surface area contributed by atoms with Crippen molar-refractivity contribution >= 4 is 34.8 Å². The summed E-state index contributed by atoms with van der Waals surface area (Å²) in [6, 6.07) is 11.1. The Morgan fingerprint density at radius 1 is 1.24 bits per heavy atom. The van der Waals surface area contributed by atoms with Crippen molar-refractivity contribution < 1.29 is 14.6 Å². The van der Waals surface area contributed by atoms with Gasteiger partial charge < -0.3 is 14.7 Å². The van der Waals surface area contributed by atoms with Gasteiger partial charge in [0.2, 0.25) is 0 Å². The first-order valence-corrected chi connectivity index (χ1v) is 8.72. The summed E-state index contributed by atoms with van der Waals surface area (Å²) >= 11 is 6.10. The van der Waals surface area contributed by atoms with Crippen LogP contribution in [0.2, 0.25) is 5.02 Å². The molecule has 2 aromatic rings. The third-order valence-corrected chi connectivity index (χ3v) is 4.36. The molecule has 1 heterocycles. The van der Waals surface area contributed by atoms with Gasteiger partial charge in [-0.2, -0.15) is 0 Å². The number of aromatic hydroxyl groups is 1. The van der Waals surface area contributed by atoms with E-state index in [0.29, 0.717) is 30.0 Å². The van der Waals surface area contributed by atoms with Crippen LogP contribution in [-0.2, 0) is 4.79 Å². The third-order valence-electron chi connectivity index (χ3n) is 4.07. The predicted molar refractivity (Wildman–Crippen MR) is 101 cm³/mol. The van der Waals surface area contributed by atoms with Crippen LogP contribution in [0.4, 0.5) is 5.69 Å². The second-order valence-corrected chi connectivity index (χ2v) is 6.22. The second-order valence-electron chi connectivity index (χ2n) is 5.81. The number of hydrogen-bond donors (Lipinski definition) is 1. The molecule has 130 valence electrons. The van der Waals surface area contributed by atoms with E-state index in [9.17, 15) is 9.90 Å². The Labute approximate surface area is 152 Å².